The molecule has 3 rings (SSSR count). The van der Waals surface area contributed by atoms with Crippen LogP contribution in [0.15, 0.2) is 48.5 Å². The number of carboxylic acid groups (broad SMARTS) is 1. The van der Waals surface area contributed by atoms with Crippen LogP contribution in [0.3, 0.4) is 0 Å². The number of aliphatic carboxylic acids is 1. The highest BCUT2D eigenvalue weighted by molar-refractivity contribution is 6.30. The summed E-state index contributed by atoms with van der Waals surface area (Å²) < 4.78 is 24.6. The number of ether oxygens (including phenoxy) is 2. The summed E-state index contributed by atoms with van der Waals surface area (Å²) in [6.45, 7) is 0.310. The fraction of sp³-hybridized carbons (Fsp3) is 0.391. The number of nitrogens with zero attached hydrogens (tertiary/aromatic N) is 1. The van der Waals surface area contributed by atoms with Crippen molar-refractivity contribution in [1.82, 2.24) is 0 Å². The van der Waals surface area contributed by atoms with Gasteiger partial charge in [-0.3, -0.25) is 0 Å². The fourth-order valence-electron chi connectivity index (χ4n) is 3.84. The zero-order valence-electron chi connectivity index (χ0n) is 17.0. The maximum absolute atomic E-state index is 13.8. The van der Waals surface area contributed by atoms with Gasteiger partial charge in [0, 0.05) is 5.02 Å². The minimum Gasteiger partial charge on any atom is -0.480 e. The third-order valence-electron chi connectivity index (χ3n) is 5.25. The largest absolute Gasteiger partial charge is 0.480 e. The Morgan fingerprint density at radius 2 is 1.77 bits per heavy atom. The Hall–Kier alpha value is -2.64. The normalized spacial score (nSPS) is 18.4. The first-order valence-corrected chi connectivity index (χ1v) is 10.6. The predicted octanol–water partition coefficient (Wildman–Crippen LogP) is 5.66. The van der Waals surface area contributed by atoms with Crippen LogP contribution < -0.4 is 4.90 Å². The zero-order valence-corrected chi connectivity index (χ0v) is 17.8. The SMILES string of the molecule is O=C(O)COCC1CCCC(COC(=O)N(c2ccc(Cl)cc2)c2cccc(F)c2)C1. The van der Waals surface area contributed by atoms with Gasteiger partial charge in [-0.15, -0.1) is 0 Å². The van der Waals surface area contributed by atoms with Gasteiger partial charge < -0.3 is 14.6 Å². The van der Waals surface area contributed by atoms with Gasteiger partial charge in [0.1, 0.15) is 12.4 Å². The van der Waals surface area contributed by atoms with Gasteiger partial charge in [-0.1, -0.05) is 24.1 Å². The molecule has 1 saturated carbocycles. The van der Waals surface area contributed by atoms with E-state index in [-0.39, 0.29) is 25.0 Å². The molecule has 8 heteroatoms. The zero-order chi connectivity index (χ0) is 22.2. The van der Waals surface area contributed by atoms with E-state index < -0.39 is 17.9 Å². The van der Waals surface area contributed by atoms with Crippen molar-refractivity contribution in [3.8, 4) is 0 Å². The van der Waals surface area contributed by atoms with Crippen molar-refractivity contribution in [3.63, 3.8) is 0 Å². The maximum Gasteiger partial charge on any atom is 0.418 e. The van der Waals surface area contributed by atoms with E-state index in [1.165, 1.54) is 23.1 Å². The van der Waals surface area contributed by atoms with E-state index >= 15 is 0 Å². The van der Waals surface area contributed by atoms with Crippen LogP contribution in [-0.2, 0) is 14.3 Å². The molecule has 1 aliphatic carbocycles. The number of hydrogen-bond donors (Lipinski definition) is 1. The molecule has 1 fully saturated rings. The molecule has 31 heavy (non-hydrogen) atoms. The van der Waals surface area contributed by atoms with E-state index in [0.717, 1.165) is 25.7 Å². The molecule has 2 unspecified atom stereocenters. The first-order chi connectivity index (χ1) is 14.9. The number of carbonyl (C=O) groups is 2. The Labute approximate surface area is 185 Å². The van der Waals surface area contributed by atoms with Crippen molar-refractivity contribution < 1.29 is 28.6 Å². The van der Waals surface area contributed by atoms with E-state index in [2.05, 4.69) is 0 Å². The van der Waals surface area contributed by atoms with Gasteiger partial charge in [0.2, 0.25) is 0 Å². The third kappa shape index (κ3) is 6.94. The van der Waals surface area contributed by atoms with Crippen LogP contribution in [0.2, 0.25) is 5.02 Å². The second-order valence-corrected chi connectivity index (χ2v) is 8.11. The minimum atomic E-state index is -0.985. The molecule has 6 nitrogen and oxygen atoms in total. The predicted molar refractivity (Wildman–Crippen MR) is 115 cm³/mol. The molecule has 1 amide bonds. The number of carboxylic acids is 1. The van der Waals surface area contributed by atoms with Gasteiger partial charge in [-0.25, -0.2) is 18.9 Å². The molecular formula is C23H25ClFNO5. The third-order valence-corrected chi connectivity index (χ3v) is 5.50. The van der Waals surface area contributed by atoms with Gasteiger partial charge in [-0.2, -0.15) is 0 Å². The van der Waals surface area contributed by atoms with Crippen molar-refractivity contribution in [2.75, 3.05) is 24.7 Å². The highest BCUT2D eigenvalue weighted by atomic mass is 35.5. The van der Waals surface area contributed by atoms with Crippen LogP contribution in [0.4, 0.5) is 20.6 Å². The van der Waals surface area contributed by atoms with Crippen LogP contribution >= 0.6 is 11.6 Å². The summed E-state index contributed by atoms with van der Waals surface area (Å²) >= 11 is 5.96. The number of amides is 1. The summed E-state index contributed by atoms with van der Waals surface area (Å²) in [4.78, 5) is 24.9. The molecule has 1 aliphatic rings. The number of halogens is 2. The minimum absolute atomic E-state index is 0.163. The van der Waals surface area contributed by atoms with Gasteiger partial charge in [0.15, 0.2) is 0 Å². The van der Waals surface area contributed by atoms with Gasteiger partial charge >= 0.3 is 12.1 Å². The van der Waals surface area contributed by atoms with Gasteiger partial charge in [0.05, 0.1) is 24.6 Å². The Bertz CT molecular complexity index is 892. The van der Waals surface area contributed by atoms with Crippen molar-refractivity contribution >= 4 is 35.0 Å². The maximum atomic E-state index is 13.8. The summed E-state index contributed by atoms with van der Waals surface area (Å²) in [6.07, 6.45) is 3.05. The van der Waals surface area contributed by atoms with Gasteiger partial charge in [0.25, 0.3) is 0 Å². The molecule has 0 bridgehead atoms. The number of hydrogen-bond acceptors (Lipinski definition) is 4. The van der Waals surface area contributed by atoms with Crippen molar-refractivity contribution in [1.29, 1.82) is 0 Å². The number of rotatable bonds is 8. The Morgan fingerprint density at radius 1 is 1.06 bits per heavy atom. The van der Waals surface area contributed by atoms with E-state index in [0.29, 0.717) is 23.0 Å². The first kappa shape index (κ1) is 23.0. The van der Waals surface area contributed by atoms with E-state index in [4.69, 9.17) is 26.2 Å². The number of anilines is 2. The average molecular weight is 450 g/mol. The van der Waals surface area contributed by atoms with Crippen LogP contribution in [0.1, 0.15) is 25.7 Å². The summed E-state index contributed by atoms with van der Waals surface area (Å²) in [5, 5.41) is 9.22. The second-order valence-electron chi connectivity index (χ2n) is 7.68. The summed E-state index contributed by atoms with van der Waals surface area (Å²) in [7, 11) is 0. The standard InChI is InChI=1S/C23H25ClFNO5/c24-18-7-9-20(10-8-18)26(21-6-2-5-19(25)12-21)23(29)31-14-17-4-1-3-16(11-17)13-30-15-22(27)28/h2,5-10,12,16-17H,1,3-4,11,13-15H2,(H,27,28). The molecule has 2 aromatic rings. The molecule has 2 aromatic carbocycles. The lowest BCUT2D eigenvalue weighted by Gasteiger charge is -2.29. The molecule has 0 heterocycles. The number of carbonyl (C=O) groups excluding carboxylic acids is 1. The van der Waals surface area contributed by atoms with Crippen molar-refractivity contribution in [3.05, 3.63) is 59.4 Å². The monoisotopic (exact) mass is 449 g/mol. The molecule has 0 aliphatic heterocycles. The summed E-state index contributed by atoms with van der Waals surface area (Å²) in [5.74, 6) is -1.04. The van der Waals surface area contributed by atoms with E-state index in [1.54, 1.807) is 30.3 Å². The lowest BCUT2D eigenvalue weighted by Crippen LogP contribution is -2.30. The van der Waals surface area contributed by atoms with Crippen LogP contribution in [0, 0.1) is 17.7 Å². The number of benzene rings is 2. The average Bonchev–Trinajstić information content (AvgIpc) is 2.74. The molecule has 0 spiro atoms. The second kappa shape index (κ2) is 11.1. The molecule has 0 radical (unpaired) electrons. The van der Waals surface area contributed by atoms with E-state index in [9.17, 15) is 14.0 Å². The molecule has 0 saturated heterocycles. The molecule has 1 N–H and O–H groups in total. The highest BCUT2D eigenvalue weighted by Gasteiger charge is 2.26. The van der Waals surface area contributed by atoms with Crippen LogP contribution in [-0.4, -0.2) is 37.0 Å². The Kier molecular flexibility index (Phi) is 8.26. The smallest absolute Gasteiger partial charge is 0.418 e. The quantitative estimate of drug-likeness (QED) is 0.562. The van der Waals surface area contributed by atoms with Crippen molar-refractivity contribution in [2.24, 2.45) is 11.8 Å². The highest BCUT2D eigenvalue weighted by Crippen LogP contribution is 2.31. The molecule has 166 valence electrons. The lowest BCUT2D eigenvalue weighted by atomic mass is 9.82. The van der Waals surface area contributed by atoms with Crippen LogP contribution in [0.25, 0.3) is 0 Å². The van der Waals surface area contributed by atoms with Gasteiger partial charge in [-0.05, 0) is 73.6 Å². The fourth-order valence-corrected chi connectivity index (χ4v) is 3.96. The lowest BCUT2D eigenvalue weighted by molar-refractivity contribution is -0.142. The van der Waals surface area contributed by atoms with Crippen molar-refractivity contribution in [2.45, 2.75) is 25.7 Å². The molecule has 2 atom stereocenters. The topological polar surface area (TPSA) is 76.1 Å². The first-order valence-electron chi connectivity index (χ1n) is 10.2. The Balaban J connectivity index is 1.64. The molecular weight excluding hydrogens is 425 g/mol. The molecule has 0 aromatic heterocycles. The summed E-state index contributed by atoms with van der Waals surface area (Å²) in [5.41, 5.74) is 0.875. The summed E-state index contributed by atoms with van der Waals surface area (Å²) in [6, 6.07) is 12.4. The van der Waals surface area contributed by atoms with E-state index in [1.807, 2.05) is 0 Å². The van der Waals surface area contributed by atoms with Crippen LogP contribution in [0.5, 0.6) is 0 Å². The Morgan fingerprint density at radius 3 is 2.45 bits per heavy atom.